The van der Waals surface area contributed by atoms with Crippen molar-refractivity contribution >= 4 is 27.5 Å². The summed E-state index contributed by atoms with van der Waals surface area (Å²) in [6.45, 7) is 4.10. The monoisotopic (exact) mass is 350 g/mol. The summed E-state index contributed by atoms with van der Waals surface area (Å²) < 4.78 is 8.18. The molecular weight excluding hydrogens is 332 g/mol. The van der Waals surface area contributed by atoms with E-state index in [1.54, 1.807) is 19.1 Å². The van der Waals surface area contributed by atoms with Gasteiger partial charge in [-0.05, 0) is 48.0 Å². The van der Waals surface area contributed by atoms with E-state index in [-0.39, 0.29) is 11.9 Å². The Morgan fingerprint density at radius 1 is 1.33 bits per heavy atom. The Morgan fingerprint density at radius 2 is 2.00 bits per heavy atom. The molecule has 0 bridgehead atoms. The molecule has 0 radical (unpaired) electrons. The molecular formula is C16H19BrN2O2. The Morgan fingerprint density at radius 3 is 2.62 bits per heavy atom. The van der Waals surface area contributed by atoms with Crippen molar-refractivity contribution in [3.05, 3.63) is 46.7 Å². The van der Waals surface area contributed by atoms with Gasteiger partial charge in [0.2, 0.25) is 0 Å². The summed E-state index contributed by atoms with van der Waals surface area (Å²) in [5.41, 5.74) is 1.39. The Kier molecular flexibility index (Phi) is 4.73. The van der Waals surface area contributed by atoms with Gasteiger partial charge < -0.3 is 14.2 Å². The Labute approximate surface area is 133 Å². The van der Waals surface area contributed by atoms with E-state index in [1.165, 1.54) is 0 Å². The highest BCUT2D eigenvalue weighted by Crippen LogP contribution is 2.29. The molecule has 112 valence electrons. The fourth-order valence-electron chi connectivity index (χ4n) is 2.23. The quantitative estimate of drug-likeness (QED) is 0.831. The van der Waals surface area contributed by atoms with Crippen LogP contribution in [0, 0.1) is 0 Å². The van der Waals surface area contributed by atoms with Crippen molar-refractivity contribution in [1.29, 1.82) is 0 Å². The molecule has 0 aliphatic carbocycles. The Bertz CT molecular complexity index is 649. The highest BCUT2D eigenvalue weighted by Gasteiger charge is 2.21. The number of nitrogens with zero attached hydrogens (tertiary/aromatic N) is 2. The van der Waals surface area contributed by atoms with Gasteiger partial charge in [-0.25, -0.2) is 0 Å². The van der Waals surface area contributed by atoms with Crippen LogP contribution in [0.15, 0.2) is 41.0 Å². The van der Waals surface area contributed by atoms with Crippen molar-refractivity contribution in [2.75, 3.05) is 19.1 Å². The van der Waals surface area contributed by atoms with Gasteiger partial charge in [0.15, 0.2) is 0 Å². The first-order valence-corrected chi connectivity index (χ1v) is 7.53. The molecule has 0 spiro atoms. The van der Waals surface area contributed by atoms with Crippen LogP contribution in [0.3, 0.4) is 0 Å². The summed E-state index contributed by atoms with van der Waals surface area (Å²) >= 11 is 3.44. The number of benzene rings is 1. The van der Waals surface area contributed by atoms with Gasteiger partial charge in [0.05, 0.1) is 12.8 Å². The van der Waals surface area contributed by atoms with Crippen LogP contribution >= 0.6 is 15.9 Å². The molecule has 2 rings (SSSR count). The second-order valence-corrected chi connectivity index (χ2v) is 6.00. The Hall–Kier alpha value is -1.75. The first-order chi connectivity index (χ1) is 9.95. The number of anilines is 1. The molecule has 1 aromatic heterocycles. The number of para-hydroxylation sites is 2. The third-order valence-corrected chi connectivity index (χ3v) is 3.78. The average Bonchev–Trinajstić information content (AvgIpc) is 2.88. The SMILES string of the molecule is COc1ccccc1N(C)C(=O)c1cc(Br)cn1C(C)C. The number of hydrogen-bond donors (Lipinski definition) is 0. The lowest BCUT2D eigenvalue weighted by Gasteiger charge is -2.21. The lowest BCUT2D eigenvalue weighted by molar-refractivity contribution is 0.0982. The van der Waals surface area contributed by atoms with Crippen LogP contribution in [-0.2, 0) is 0 Å². The summed E-state index contributed by atoms with van der Waals surface area (Å²) in [5, 5.41) is 0. The van der Waals surface area contributed by atoms with Crippen LogP contribution in [0.4, 0.5) is 5.69 Å². The van der Waals surface area contributed by atoms with E-state index in [0.29, 0.717) is 11.4 Å². The van der Waals surface area contributed by atoms with Crippen molar-refractivity contribution in [3.63, 3.8) is 0 Å². The van der Waals surface area contributed by atoms with Gasteiger partial charge >= 0.3 is 0 Å². The van der Waals surface area contributed by atoms with Crippen LogP contribution in [-0.4, -0.2) is 24.6 Å². The smallest absolute Gasteiger partial charge is 0.274 e. The zero-order chi connectivity index (χ0) is 15.6. The maximum absolute atomic E-state index is 12.8. The normalized spacial score (nSPS) is 10.8. The summed E-state index contributed by atoms with van der Waals surface area (Å²) in [4.78, 5) is 14.4. The first kappa shape index (κ1) is 15.6. The fourth-order valence-corrected chi connectivity index (χ4v) is 2.67. The highest BCUT2D eigenvalue weighted by atomic mass is 79.9. The molecule has 4 nitrogen and oxygen atoms in total. The van der Waals surface area contributed by atoms with E-state index in [9.17, 15) is 4.79 Å². The zero-order valence-corrected chi connectivity index (χ0v) is 14.2. The van der Waals surface area contributed by atoms with Crippen molar-refractivity contribution < 1.29 is 9.53 Å². The minimum atomic E-state index is -0.0705. The van der Waals surface area contributed by atoms with Gasteiger partial charge in [-0.2, -0.15) is 0 Å². The molecule has 0 saturated heterocycles. The molecule has 21 heavy (non-hydrogen) atoms. The first-order valence-electron chi connectivity index (χ1n) is 6.74. The summed E-state index contributed by atoms with van der Waals surface area (Å²) in [5.74, 6) is 0.606. The number of methoxy groups -OCH3 is 1. The number of carbonyl (C=O) groups is 1. The molecule has 5 heteroatoms. The highest BCUT2D eigenvalue weighted by molar-refractivity contribution is 9.10. The maximum atomic E-state index is 12.8. The van der Waals surface area contributed by atoms with Crippen LogP contribution in [0.1, 0.15) is 30.4 Å². The second kappa shape index (κ2) is 6.35. The van der Waals surface area contributed by atoms with E-state index in [0.717, 1.165) is 10.2 Å². The fraction of sp³-hybridized carbons (Fsp3) is 0.312. The Balaban J connectivity index is 2.40. The molecule has 2 aromatic rings. The van der Waals surface area contributed by atoms with Crippen molar-refractivity contribution in [1.82, 2.24) is 4.57 Å². The van der Waals surface area contributed by atoms with Crippen molar-refractivity contribution in [2.24, 2.45) is 0 Å². The molecule has 1 amide bonds. The molecule has 1 heterocycles. The molecule has 0 aliphatic heterocycles. The average molecular weight is 351 g/mol. The molecule has 0 aliphatic rings. The van der Waals surface area contributed by atoms with Gasteiger partial charge in [-0.3, -0.25) is 4.79 Å². The van der Waals surface area contributed by atoms with E-state index in [2.05, 4.69) is 15.9 Å². The van der Waals surface area contributed by atoms with Crippen molar-refractivity contribution in [2.45, 2.75) is 19.9 Å². The largest absolute Gasteiger partial charge is 0.495 e. The number of hydrogen-bond acceptors (Lipinski definition) is 2. The number of amides is 1. The number of halogens is 1. The standard InChI is InChI=1S/C16H19BrN2O2/c1-11(2)19-10-12(17)9-14(19)16(20)18(3)13-7-5-6-8-15(13)21-4/h5-11H,1-4H3. The zero-order valence-electron chi connectivity index (χ0n) is 12.6. The molecule has 0 N–H and O–H groups in total. The topological polar surface area (TPSA) is 34.5 Å². The second-order valence-electron chi connectivity index (χ2n) is 5.08. The maximum Gasteiger partial charge on any atom is 0.274 e. The van der Waals surface area contributed by atoms with Gasteiger partial charge in [0.25, 0.3) is 5.91 Å². The number of carbonyl (C=O) groups excluding carboxylic acids is 1. The van der Waals surface area contributed by atoms with E-state index >= 15 is 0 Å². The van der Waals surface area contributed by atoms with E-state index in [1.807, 2.05) is 54.9 Å². The van der Waals surface area contributed by atoms with Crippen molar-refractivity contribution in [3.8, 4) is 5.75 Å². The molecule has 0 fully saturated rings. The lowest BCUT2D eigenvalue weighted by atomic mass is 10.2. The van der Waals surface area contributed by atoms with Crippen LogP contribution in [0.2, 0.25) is 0 Å². The number of rotatable bonds is 4. The van der Waals surface area contributed by atoms with Crippen LogP contribution < -0.4 is 9.64 Å². The number of ether oxygens (including phenoxy) is 1. The summed E-state index contributed by atoms with van der Waals surface area (Å²) in [6, 6.07) is 9.54. The minimum absolute atomic E-state index is 0.0705. The third-order valence-electron chi connectivity index (χ3n) is 3.34. The van der Waals surface area contributed by atoms with Gasteiger partial charge in [0, 0.05) is 23.8 Å². The van der Waals surface area contributed by atoms with Crippen LogP contribution in [0.25, 0.3) is 0 Å². The third kappa shape index (κ3) is 3.13. The van der Waals surface area contributed by atoms with Gasteiger partial charge in [-0.15, -0.1) is 0 Å². The molecule has 1 aromatic carbocycles. The number of aromatic nitrogens is 1. The summed E-state index contributed by atoms with van der Waals surface area (Å²) in [7, 11) is 3.36. The van der Waals surface area contributed by atoms with Crippen LogP contribution in [0.5, 0.6) is 5.75 Å². The molecule has 0 atom stereocenters. The van der Waals surface area contributed by atoms with E-state index < -0.39 is 0 Å². The van der Waals surface area contributed by atoms with Gasteiger partial charge in [-0.1, -0.05) is 12.1 Å². The molecule has 0 unspecified atom stereocenters. The van der Waals surface area contributed by atoms with E-state index in [4.69, 9.17) is 4.74 Å². The predicted molar refractivity (Wildman–Crippen MR) is 88.2 cm³/mol. The minimum Gasteiger partial charge on any atom is -0.495 e. The summed E-state index contributed by atoms with van der Waals surface area (Å²) in [6.07, 6.45) is 1.92. The molecule has 0 saturated carbocycles. The predicted octanol–water partition coefficient (Wildman–Crippen LogP) is 4.12. The lowest BCUT2D eigenvalue weighted by Crippen LogP contribution is -2.29. The van der Waals surface area contributed by atoms with Gasteiger partial charge in [0.1, 0.15) is 11.4 Å².